The van der Waals surface area contributed by atoms with E-state index in [1.54, 1.807) is 31.2 Å². The average Bonchev–Trinajstić information content (AvgIpc) is 3.40. The number of hydrogen-bond donors (Lipinski definition) is 2. The van der Waals surface area contributed by atoms with Crippen molar-refractivity contribution >= 4 is 40.5 Å². The Kier molecular flexibility index (Phi) is 7.32. The third-order valence-corrected chi connectivity index (χ3v) is 6.75. The van der Waals surface area contributed by atoms with E-state index in [0.29, 0.717) is 27.6 Å². The highest BCUT2D eigenvalue weighted by atomic mass is 32.2. The van der Waals surface area contributed by atoms with Gasteiger partial charge in [0.1, 0.15) is 40.0 Å². The molecule has 4 rings (SSSR count). The molecule has 35 heavy (non-hydrogen) atoms. The van der Waals surface area contributed by atoms with Crippen LogP contribution in [0.4, 0.5) is 11.5 Å². The fourth-order valence-electron chi connectivity index (χ4n) is 3.27. The van der Waals surface area contributed by atoms with Gasteiger partial charge in [0.05, 0.1) is 10.8 Å². The molecule has 0 aliphatic carbocycles. The quantitative estimate of drug-likeness (QED) is 0.298. The Bertz CT molecular complexity index is 1420. The largest absolute Gasteiger partial charge is 0.457 e. The zero-order valence-corrected chi connectivity index (χ0v) is 20.2. The van der Waals surface area contributed by atoms with Gasteiger partial charge in [0.25, 0.3) is 0 Å². The van der Waals surface area contributed by atoms with Gasteiger partial charge in [-0.2, -0.15) is 21.9 Å². The van der Waals surface area contributed by atoms with Gasteiger partial charge in [-0.25, -0.2) is 4.98 Å². The average molecular weight is 498 g/mol. The predicted octanol–water partition coefficient (Wildman–Crippen LogP) is 6.05. The van der Waals surface area contributed by atoms with Gasteiger partial charge in [0.2, 0.25) is 5.91 Å². The van der Waals surface area contributed by atoms with E-state index in [9.17, 15) is 15.3 Å². The molecule has 0 saturated carbocycles. The fraction of sp³-hybridized carbons (Fsp3) is 0.0769. The molecule has 0 radical (unpaired) electrons. The van der Waals surface area contributed by atoms with Gasteiger partial charge < -0.3 is 15.8 Å². The lowest BCUT2D eigenvalue weighted by atomic mass is 9.99. The van der Waals surface area contributed by atoms with E-state index in [4.69, 9.17) is 10.5 Å². The summed E-state index contributed by atoms with van der Waals surface area (Å²) in [6.07, 6.45) is 0. The van der Waals surface area contributed by atoms with Gasteiger partial charge in [-0.05, 0) is 65.7 Å². The molecule has 3 N–H and O–H groups in total. The van der Waals surface area contributed by atoms with Crippen LogP contribution in [0.2, 0.25) is 0 Å². The number of thiophene rings is 1. The zero-order valence-electron chi connectivity index (χ0n) is 18.6. The van der Waals surface area contributed by atoms with Crippen LogP contribution in [-0.4, -0.2) is 16.1 Å². The van der Waals surface area contributed by atoms with E-state index in [2.05, 4.69) is 16.4 Å². The third kappa shape index (κ3) is 5.44. The number of hydrogen-bond acceptors (Lipinski definition) is 8. The van der Waals surface area contributed by atoms with Crippen LogP contribution in [-0.2, 0) is 4.79 Å². The number of para-hydroxylation sites is 1. The number of aromatic nitrogens is 1. The van der Waals surface area contributed by atoms with E-state index >= 15 is 0 Å². The second-order valence-electron chi connectivity index (χ2n) is 7.35. The highest BCUT2D eigenvalue weighted by molar-refractivity contribution is 8.00. The summed E-state index contributed by atoms with van der Waals surface area (Å²) in [5.41, 5.74) is 8.18. The lowest BCUT2D eigenvalue weighted by Gasteiger charge is -2.15. The van der Waals surface area contributed by atoms with Gasteiger partial charge in [-0.15, -0.1) is 0 Å². The molecule has 1 atom stereocenters. The van der Waals surface area contributed by atoms with E-state index in [-0.39, 0.29) is 22.9 Å². The summed E-state index contributed by atoms with van der Waals surface area (Å²) in [5.74, 6) is 1.13. The number of pyridine rings is 1. The molecular formula is C26H19N5O2S2. The van der Waals surface area contributed by atoms with Crippen molar-refractivity contribution in [3.05, 3.63) is 82.6 Å². The first-order valence-corrected chi connectivity index (χ1v) is 12.3. The third-order valence-electron chi connectivity index (χ3n) is 4.98. The number of amides is 1. The Balaban J connectivity index is 1.50. The SMILES string of the molecule is CC(Sc1nc(N)c(C#N)c(-c2ccsc2)c1C#N)C(=O)Nc1ccc(Oc2ccccc2)cc1. The van der Waals surface area contributed by atoms with E-state index < -0.39 is 5.25 Å². The molecule has 0 bridgehead atoms. The molecule has 2 aromatic carbocycles. The highest BCUT2D eigenvalue weighted by Crippen LogP contribution is 2.37. The van der Waals surface area contributed by atoms with Crippen molar-refractivity contribution in [2.45, 2.75) is 17.2 Å². The fourth-order valence-corrected chi connectivity index (χ4v) is 4.84. The highest BCUT2D eigenvalue weighted by Gasteiger charge is 2.24. The molecule has 1 unspecified atom stereocenters. The van der Waals surface area contributed by atoms with Crippen molar-refractivity contribution in [3.8, 4) is 34.8 Å². The van der Waals surface area contributed by atoms with Crippen LogP contribution in [0, 0.1) is 22.7 Å². The summed E-state index contributed by atoms with van der Waals surface area (Å²) in [7, 11) is 0. The van der Waals surface area contributed by atoms with Crippen molar-refractivity contribution in [1.82, 2.24) is 4.98 Å². The van der Waals surface area contributed by atoms with Gasteiger partial charge in [-0.3, -0.25) is 4.79 Å². The number of nitriles is 2. The minimum Gasteiger partial charge on any atom is -0.457 e. The first-order chi connectivity index (χ1) is 17.0. The molecule has 0 fully saturated rings. The van der Waals surface area contributed by atoms with Crippen LogP contribution < -0.4 is 15.8 Å². The number of anilines is 2. The minimum atomic E-state index is -0.586. The molecule has 2 aromatic heterocycles. The number of benzene rings is 2. The number of carbonyl (C=O) groups is 1. The lowest BCUT2D eigenvalue weighted by Crippen LogP contribution is -2.22. The number of nitrogens with two attached hydrogens (primary N) is 1. The van der Waals surface area contributed by atoms with E-state index in [0.717, 1.165) is 17.5 Å². The topological polar surface area (TPSA) is 125 Å². The zero-order chi connectivity index (χ0) is 24.8. The smallest absolute Gasteiger partial charge is 0.237 e. The molecule has 7 nitrogen and oxygen atoms in total. The molecule has 1 amide bonds. The molecular weight excluding hydrogens is 478 g/mol. The minimum absolute atomic E-state index is 0.0248. The number of nitrogen functional groups attached to an aromatic ring is 1. The van der Waals surface area contributed by atoms with Crippen molar-refractivity contribution in [2.75, 3.05) is 11.1 Å². The molecule has 0 spiro atoms. The van der Waals surface area contributed by atoms with Crippen LogP contribution >= 0.6 is 23.1 Å². The number of carbonyl (C=O) groups excluding carboxylic acids is 1. The van der Waals surface area contributed by atoms with Gasteiger partial charge in [0.15, 0.2) is 0 Å². The van der Waals surface area contributed by atoms with Crippen molar-refractivity contribution in [3.63, 3.8) is 0 Å². The molecule has 0 aliphatic rings. The first kappa shape index (κ1) is 23.8. The van der Waals surface area contributed by atoms with Gasteiger partial charge >= 0.3 is 0 Å². The number of rotatable bonds is 7. The van der Waals surface area contributed by atoms with Crippen LogP contribution in [0.1, 0.15) is 18.1 Å². The number of thioether (sulfide) groups is 1. The Morgan fingerprint density at radius 2 is 1.74 bits per heavy atom. The van der Waals surface area contributed by atoms with Gasteiger partial charge in [-0.1, -0.05) is 30.0 Å². The normalized spacial score (nSPS) is 11.2. The Morgan fingerprint density at radius 3 is 2.37 bits per heavy atom. The van der Waals surface area contributed by atoms with Crippen LogP contribution in [0.25, 0.3) is 11.1 Å². The molecule has 9 heteroatoms. The monoisotopic (exact) mass is 497 g/mol. The Morgan fingerprint density at radius 1 is 1.06 bits per heavy atom. The lowest BCUT2D eigenvalue weighted by molar-refractivity contribution is -0.115. The number of nitrogens with one attached hydrogen (secondary N) is 1. The molecule has 2 heterocycles. The maximum Gasteiger partial charge on any atom is 0.237 e. The number of nitrogens with zero attached hydrogens (tertiary/aromatic N) is 3. The van der Waals surface area contributed by atoms with E-state index in [1.165, 1.54) is 11.3 Å². The van der Waals surface area contributed by atoms with Crippen LogP contribution in [0.3, 0.4) is 0 Å². The second-order valence-corrected chi connectivity index (χ2v) is 9.46. The summed E-state index contributed by atoms with van der Waals surface area (Å²) in [6.45, 7) is 1.72. The van der Waals surface area contributed by atoms with Crippen molar-refractivity contribution in [1.29, 1.82) is 10.5 Å². The van der Waals surface area contributed by atoms with Crippen molar-refractivity contribution < 1.29 is 9.53 Å². The Labute approximate surface area is 210 Å². The van der Waals surface area contributed by atoms with Crippen LogP contribution in [0.15, 0.2) is 76.4 Å². The van der Waals surface area contributed by atoms with E-state index in [1.807, 2.05) is 53.2 Å². The molecule has 0 aliphatic heterocycles. The van der Waals surface area contributed by atoms with Crippen LogP contribution in [0.5, 0.6) is 11.5 Å². The molecule has 172 valence electrons. The summed E-state index contributed by atoms with van der Waals surface area (Å²) in [5, 5.41) is 25.7. The summed E-state index contributed by atoms with van der Waals surface area (Å²) in [6, 6.07) is 22.5. The predicted molar refractivity (Wildman–Crippen MR) is 138 cm³/mol. The summed E-state index contributed by atoms with van der Waals surface area (Å²) < 4.78 is 5.77. The standard InChI is InChI=1S/C26H19N5O2S2/c1-16(25(32)30-18-7-9-20(10-8-18)33-19-5-3-2-4-6-19)35-26-22(14-28)23(17-11-12-34-15-17)21(13-27)24(29)31-26/h2-12,15-16H,1H3,(H2,29,31)(H,30,32). The number of ether oxygens (including phenoxy) is 1. The Hall–Kier alpha value is -4.31. The first-order valence-electron chi connectivity index (χ1n) is 10.5. The second kappa shape index (κ2) is 10.7. The van der Waals surface area contributed by atoms with Crippen molar-refractivity contribution in [2.24, 2.45) is 0 Å². The van der Waals surface area contributed by atoms with Gasteiger partial charge in [0, 0.05) is 11.3 Å². The molecule has 4 aromatic rings. The molecule has 0 saturated heterocycles. The summed E-state index contributed by atoms with van der Waals surface area (Å²) in [4.78, 5) is 17.1. The summed E-state index contributed by atoms with van der Waals surface area (Å²) >= 11 is 2.56. The maximum absolute atomic E-state index is 12.9. The maximum atomic E-state index is 12.9.